The van der Waals surface area contributed by atoms with Gasteiger partial charge in [0.1, 0.15) is 5.82 Å². The number of anilines is 1. The molecule has 0 spiro atoms. The van der Waals surface area contributed by atoms with Crippen molar-refractivity contribution >= 4 is 41.5 Å². The number of hydrogen-bond donors (Lipinski definition) is 2. The summed E-state index contributed by atoms with van der Waals surface area (Å²) in [5.74, 6) is 0.680. The molecule has 0 aliphatic carbocycles. The molecule has 3 aromatic rings. The van der Waals surface area contributed by atoms with Crippen LogP contribution in [0.25, 0.3) is 10.9 Å². The van der Waals surface area contributed by atoms with Crippen molar-refractivity contribution in [3.05, 3.63) is 70.8 Å². The number of unbranched alkanes of at least 4 members (excludes halogenated alkanes) is 2. The molecule has 2 aromatic carbocycles. The van der Waals surface area contributed by atoms with Gasteiger partial charge >= 0.3 is 0 Å². The second kappa shape index (κ2) is 11.1. The van der Waals surface area contributed by atoms with Crippen LogP contribution in [0.3, 0.4) is 0 Å². The van der Waals surface area contributed by atoms with Gasteiger partial charge in [-0.1, -0.05) is 62.2 Å². The van der Waals surface area contributed by atoms with Crippen LogP contribution in [-0.2, 0) is 19.4 Å². The van der Waals surface area contributed by atoms with E-state index in [0.29, 0.717) is 12.4 Å². The van der Waals surface area contributed by atoms with Crippen molar-refractivity contribution in [3.63, 3.8) is 0 Å². The topological polar surface area (TPSA) is 64.9 Å². The lowest BCUT2D eigenvalue weighted by Crippen LogP contribution is -2.06. The third kappa shape index (κ3) is 5.58. The number of hydrogen-bond acceptors (Lipinski definition) is 3. The Morgan fingerprint density at radius 2 is 1.63 bits per heavy atom. The molecule has 3 nitrogen and oxygen atoms in total. The van der Waals surface area contributed by atoms with E-state index in [9.17, 15) is 0 Å². The first-order valence-electron chi connectivity index (χ1n) is 9.16. The predicted octanol–water partition coefficient (Wildman–Crippen LogP) is 5.44. The third-order valence-electron chi connectivity index (χ3n) is 4.78. The minimum absolute atomic E-state index is 0. The van der Waals surface area contributed by atoms with Crippen LogP contribution in [0.2, 0.25) is 0 Å². The molecule has 0 saturated carbocycles. The summed E-state index contributed by atoms with van der Waals surface area (Å²) in [6.45, 7) is 2.79. The van der Waals surface area contributed by atoms with Gasteiger partial charge in [0.2, 0.25) is 0 Å². The first-order valence-corrected chi connectivity index (χ1v) is 9.16. The summed E-state index contributed by atoms with van der Waals surface area (Å²) in [6, 6.07) is 16.8. The van der Waals surface area contributed by atoms with Gasteiger partial charge in [-0.3, -0.25) is 0 Å². The molecule has 1 aromatic heterocycles. The van der Waals surface area contributed by atoms with Crippen molar-refractivity contribution in [2.45, 2.75) is 45.6 Å². The largest absolute Gasteiger partial charge is 0.383 e. The number of fused-ring (bicyclic) bond motifs is 1. The number of benzene rings is 2. The smallest absolute Gasteiger partial charge is 0.127 e. The van der Waals surface area contributed by atoms with Crippen LogP contribution >= 0.6 is 24.8 Å². The Labute approximate surface area is 174 Å². The van der Waals surface area contributed by atoms with Gasteiger partial charge in [-0.05, 0) is 47.6 Å². The second-order valence-electron chi connectivity index (χ2n) is 6.63. The Balaban J connectivity index is 0.00000182. The van der Waals surface area contributed by atoms with Crippen molar-refractivity contribution < 1.29 is 0 Å². The lowest BCUT2D eigenvalue weighted by atomic mass is 9.92. The Morgan fingerprint density at radius 1 is 0.889 bits per heavy atom. The first kappa shape index (κ1) is 23.2. The van der Waals surface area contributed by atoms with Crippen LogP contribution in [0.15, 0.2) is 48.5 Å². The summed E-state index contributed by atoms with van der Waals surface area (Å²) >= 11 is 0. The van der Waals surface area contributed by atoms with Gasteiger partial charge in [-0.15, -0.1) is 24.8 Å². The summed E-state index contributed by atoms with van der Waals surface area (Å²) in [7, 11) is 0. The van der Waals surface area contributed by atoms with E-state index in [1.165, 1.54) is 34.9 Å². The molecule has 5 heteroatoms. The Hall–Kier alpha value is -1.81. The lowest BCUT2D eigenvalue weighted by molar-refractivity contribution is 0.714. The number of pyridine rings is 1. The fraction of sp³-hybridized carbons (Fsp3) is 0.318. The van der Waals surface area contributed by atoms with E-state index in [-0.39, 0.29) is 24.8 Å². The quantitative estimate of drug-likeness (QED) is 0.514. The number of nitrogens with two attached hydrogens (primary N) is 2. The monoisotopic (exact) mass is 405 g/mol. The molecule has 27 heavy (non-hydrogen) atoms. The molecule has 4 N–H and O–H groups in total. The van der Waals surface area contributed by atoms with E-state index in [4.69, 9.17) is 11.5 Å². The van der Waals surface area contributed by atoms with E-state index in [1.807, 2.05) is 12.1 Å². The van der Waals surface area contributed by atoms with Crippen LogP contribution in [0.1, 0.15) is 48.4 Å². The molecule has 0 unspecified atom stereocenters. The second-order valence-corrected chi connectivity index (χ2v) is 6.63. The number of rotatable bonds is 7. The fourth-order valence-electron chi connectivity index (χ4n) is 3.44. The fourth-order valence-corrected chi connectivity index (χ4v) is 3.44. The van der Waals surface area contributed by atoms with Gasteiger partial charge in [0.25, 0.3) is 0 Å². The molecule has 0 amide bonds. The molecule has 0 atom stereocenters. The number of para-hydroxylation sites is 1. The Bertz CT molecular complexity index is 865. The van der Waals surface area contributed by atoms with Crippen LogP contribution in [-0.4, -0.2) is 4.98 Å². The summed E-state index contributed by atoms with van der Waals surface area (Å²) in [4.78, 5) is 4.65. The standard InChI is InChI=1S/C22H27N3.2ClH/c1-2-3-4-11-19-20(14-16-8-7-9-17(13-16)15-23)18-10-5-6-12-21(18)25-22(19)24;;/h5-10,12-13H,2-4,11,14-15,23H2,1H3,(H2,24,25);2*1H. The predicted molar refractivity (Wildman–Crippen MR) is 121 cm³/mol. The van der Waals surface area contributed by atoms with Crippen LogP contribution in [0.5, 0.6) is 0 Å². The van der Waals surface area contributed by atoms with Crippen molar-refractivity contribution in [3.8, 4) is 0 Å². The minimum atomic E-state index is 0. The summed E-state index contributed by atoms with van der Waals surface area (Å²) in [5, 5.41) is 1.21. The third-order valence-corrected chi connectivity index (χ3v) is 4.78. The molecular weight excluding hydrogens is 377 g/mol. The van der Waals surface area contributed by atoms with E-state index in [0.717, 1.165) is 30.3 Å². The number of nitrogens with zero attached hydrogens (tertiary/aromatic N) is 1. The average Bonchev–Trinajstić information content (AvgIpc) is 2.64. The normalized spacial score (nSPS) is 10.3. The molecule has 146 valence electrons. The molecule has 0 radical (unpaired) electrons. The van der Waals surface area contributed by atoms with Gasteiger partial charge in [0.15, 0.2) is 0 Å². The first-order chi connectivity index (χ1) is 12.2. The summed E-state index contributed by atoms with van der Waals surface area (Å²) in [5.41, 5.74) is 18.1. The maximum Gasteiger partial charge on any atom is 0.127 e. The van der Waals surface area contributed by atoms with Gasteiger partial charge < -0.3 is 11.5 Å². The maximum absolute atomic E-state index is 6.35. The Kier molecular flexibility index (Phi) is 9.57. The molecule has 0 aliphatic rings. The highest BCUT2D eigenvalue weighted by Crippen LogP contribution is 2.29. The Morgan fingerprint density at radius 3 is 2.37 bits per heavy atom. The van der Waals surface area contributed by atoms with Crippen LogP contribution in [0.4, 0.5) is 5.82 Å². The zero-order chi connectivity index (χ0) is 17.6. The maximum atomic E-state index is 6.35. The van der Waals surface area contributed by atoms with E-state index < -0.39 is 0 Å². The van der Waals surface area contributed by atoms with Crippen molar-refractivity contribution in [1.82, 2.24) is 4.98 Å². The molecule has 3 rings (SSSR count). The highest BCUT2D eigenvalue weighted by atomic mass is 35.5. The SMILES string of the molecule is CCCCCc1c(N)nc2ccccc2c1Cc1cccc(CN)c1.Cl.Cl. The van der Waals surface area contributed by atoms with Crippen LogP contribution in [0, 0.1) is 0 Å². The highest BCUT2D eigenvalue weighted by molar-refractivity contribution is 5.86. The van der Waals surface area contributed by atoms with Gasteiger partial charge in [-0.2, -0.15) is 0 Å². The average molecular weight is 406 g/mol. The molecule has 0 saturated heterocycles. The number of aromatic nitrogens is 1. The zero-order valence-corrected chi connectivity index (χ0v) is 17.4. The lowest BCUT2D eigenvalue weighted by Gasteiger charge is -2.16. The van der Waals surface area contributed by atoms with Crippen molar-refractivity contribution in [1.29, 1.82) is 0 Å². The zero-order valence-electron chi connectivity index (χ0n) is 15.8. The molecule has 0 bridgehead atoms. The molecular formula is C22H29Cl2N3. The highest BCUT2D eigenvalue weighted by Gasteiger charge is 2.13. The van der Waals surface area contributed by atoms with Crippen LogP contribution < -0.4 is 11.5 Å². The van der Waals surface area contributed by atoms with E-state index in [2.05, 4.69) is 48.3 Å². The van der Waals surface area contributed by atoms with Crippen molar-refractivity contribution in [2.24, 2.45) is 5.73 Å². The molecule has 0 aliphatic heterocycles. The number of nitrogen functional groups attached to an aromatic ring is 1. The minimum Gasteiger partial charge on any atom is -0.383 e. The van der Waals surface area contributed by atoms with Crippen molar-refractivity contribution in [2.75, 3.05) is 5.73 Å². The summed E-state index contributed by atoms with van der Waals surface area (Å²) < 4.78 is 0. The molecule has 1 heterocycles. The van der Waals surface area contributed by atoms with E-state index >= 15 is 0 Å². The van der Waals surface area contributed by atoms with Gasteiger partial charge in [0, 0.05) is 11.9 Å². The summed E-state index contributed by atoms with van der Waals surface area (Å²) in [6.07, 6.45) is 5.42. The number of halogens is 2. The van der Waals surface area contributed by atoms with Gasteiger partial charge in [0.05, 0.1) is 5.52 Å². The van der Waals surface area contributed by atoms with Gasteiger partial charge in [-0.25, -0.2) is 4.98 Å². The van der Waals surface area contributed by atoms with E-state index in [1.54, 1.807) is 0 Å². The molecule has 0 fully saturated rings.